The first-order valence-corrected chi connectivity index (χ1v) is 7.54. The van der Waals surface area contributed by atoms with Gasteiger partial charge in [-0.15, -0.1) is 0 Å². The van der Waals surface area contributed by atoms with E-state index in [1.54, 1.807) is 0 Å². The molecule has 0 bridgehead atoms. The van der Waals surface area contributed by atoms with Crippen LogP contribution in [0, 0.1) is 6.92 Å². The van der Waals surface area contributed by atoms with Crippen molar-refractivity contribution < 1.29 is 4.42 Å². The van der Waals surface area contributed by atoms with Gasteiger partial charge in [0.2, 0.25) is 0 Å². The Labute approximate surface area is 127 Å². The van der Waals surface area contributed by atoms with Gasteiger partial charge >= 0.3 is 0 Å². The molecule has 0 saturated heterocycles. The average molecular weight is 282 g/mol. The van der Waals surface area contributed by atoms with Crippen LogP contribution in [-0.4, -0.2) is 0 Å². The SMILES string of the molecule is Cc1cc2ccc3c4cc5ccccc5cc4ccc3c2o1. The lowest BCUT2D eigenvalue weighted by molar-refractivity contribution is 0.581. The molecule has 1 nitrogen and oxygen atoms in total. The molecule has 0 radical (unpaired) electrons. The molecule has 0 aliphatic rings. The third-order valence-corrected chi connectivity index (χ3v) is 4.49. The number of hydrogen-bond acceptors (Lipinski definition) is 1. The summed E-state index contributed by atoms with van der Waals surface area (Å²) in [4.78, 5) is 0. The monoisotopic (exact) mass is 282 g/mol. The van der Waals surface area contributed by atoms with E-state index < -0.39 is 0 Å². The van der Waals surface area contributed by atoms with Crippen molar-refractivity contribution in [3.8, 4) is 0 Å². The third kappa shape index (κ3) is 1.54. The molecule has 4 aromatic carbocycles. The van der Waals surface area contributed by atoms with E-state index in [2.05, 4.69) is 66.7 Å². The zero-order valence-electron chi connectivity index (χ0n) is 12.3. The van der Waals surface area contributed by atoms with E-state index in [1.165, 1.54) is 37.7 Å². The minimum Gasteiger partial charge on any atom is -0.461 e. The summed E-state index contributed by atoms with van der Waals surface area (Å²) in [5.74, 6) is 0.959. The lowest BCUT2D eigenvalue weighted by Crippen LogP contribution is -1.80. The summed E-state index contributed by atoms with van der Waals surface area (Å²) in [7, 11) is 0. The number of fused-ring (bicyclic) bond motifs is 6. The lowest BCUT2D eigenvalue weighted by Gasteiger charge is -2.07. The highest BCUT2D eigenvalue weighted by Crippen LogP contribution is 2.34. The van der Waals surface area contributed by atoms with E-state index in [-0.39, 0.29) is 0 Å². The topological polar surface area (TPSA) is 13.1 Å². The van der Waals surface area contributed by atoms with Crippen LogP contribution in [0.25, 0.3) is 43.3 Å². The van der Waals surface area contributed by atoms with Gasteiger partial charge in [0, 0.05) is 10.8 Å². The molecule has 22 heavy (non-hydrogen) atoms. The van der Waals surface area contributed by atoms with Gasteiger partial charge in [0.1, 0.15) is 11.3 Å². The maximum absolute atomic E-state index is 5.92. The van der Waals surface area contributed by atoms with Gasteiger partial charge in [-0.3, -0.25) is 0 Å². The third-order valence-electron chi connectivity index (χ3n) is 4.49. The fourth-order valence-corrected chi connectivity index (χ4v) is 3.46. The zero-order valence-corrected chi connectivity index (χ0v) is 12.3. The molecule has 1 heterocycles. The van der Waals surface area contributed by atoms with Gasteiger partial charge in [-0.25, -0.2) is 0 Å². The van der Waals surface area contributed by atoms with Crippen molar-refractivity contribution in [3.05, 3.63) is 72.5 Å². The molecule has 0 amide bonds. The van der Waals surface area contributed by atoms with Crippen molar-refractivity contribution in [1.82, 2.24) is 0 Å². The second kappa shape index (κ2) is 4.11. The molecule has 0 saturated carbocycles. The Balaban J connectivity index is 2.01. The second-order valence-electron chi connectivity index (χ2n) is 5.92. The van der Waals surface area contributed by atoms with Gasteiger partial charge < -0.3 is 4.42 Å². The first kappa shape index (κ1) is 11.8. The van der Waals surface area contributed by atoms with Crippen LogP contribution in [0.2, 0.25) is 0 Å². The lowest BCUT2D eigenvalue weighted by atomic mass is 9.97. The smallest absolute Gasteiger partial charge is 0.142 e. The highest BCUT2D eigenvalue weighted by atomic mass is 16.3. The maximum Gasteiger partial charge on any atom is 0.142 e. The second-order valence-corrected chi connectivity index (χ2v) is 5.92. The van der Waals surface area contributed by atoms with Crippen molar-refractivity contribution in [3.63, 3.8) is 0 Å². The fourth-order valence-electron chi connectivity index (χ4n) is 3.46. The minimum absolute atomic E-state index is 0.959. The van der Waals surface area contributed by atoms with Crippen LogP contribution in [0.5, 0.6) is 0 Å². The quantitative estimate of drug-likeness (QED) is 0.243. The molecule has 0 spiro atoms. The van der Waals surface area contributed by atoms with Crippen LogP contribution in [-0.2, 0) is 0 Å². The van der Waals surface area contributed by atoms with E-state index in [1.807, 2.05) is 6.92 Å². The standard InChI is InChI=1S/C21H14O/c1-13-10-17-7-8-18-19(21(17)22-13)9-6-16-11-14-4-2-3-5-15(14)12-20(16)18/h2-12H,1H3. The first-order valence-electron chi connectivity index (χ1n) is 7.54. The molecule has 5 aromatic rings. The Morgan fingerprint density at radius 1 is 0.591 bits per heavy atom. The molecule has 0 unspecified atom stereocenters. The summed E-state index contributed by atoms with van der Waals surface area (Å²) in [5.41, 5.74) is 0.991. The van der Waals surface area contributed by atoms with Gasteiger partial charge in [-0.1, -0.05) is 42.5 Å². The Morgan fingerprint density at radius 2 is 1.32 bits per heavy atom. The number of rotatable bonds is 0. The molecule has 0 aliphatic carbocycles. The van der Waals surface area contributed by atoms with Crippen LogP contribution in [0.4, 0.5) is 0 Å². The van der Waals surface area contributed by atoms with Crippen LogP contribution < -0.4 is 0 Å². The van der Waals surface area contributed by atoms with Crippen molar-refractivity contribution in [2.75, 3.05) is 0 Å². The first-order chi connectivity index (χ1) is 10.8. The Morgan fingerprint density at radius 3 is 2.18 bits per heavy atom. The summed E-state index contributed by atoms with van der Waals surface area (Å²) in [6, 6.07) is 23.9. The molecule has 1 aromatic heterocycles. The number of furan rings is 1. The molecule has 104 valence electrons. The molecule has 0 aliphatic heterocycles. The highest BCUT2D eigenvalue weighted by molar-refractivity contribution is 6.17. The van der Waals surface area contributed by atoms with Crippen LogP contribution in [0.1, 0.15) is 5.76 Å². The average Bonchev–Trinajstić information content (AvgIpc) is 2.93. The summed E-state index contributed by atoms with van der Waals surface area (Å²) in [5, 5.41) is 8.73. The zero-order chi connectivity index (χ0) is 14.7. The van der Waals surface area contributed by atoms with Crippen molar-refractivity contribution >= 4 is 43.3 Å². The molecule has 1 heteroatoms. The van der Waals surface area contributed by atoms with Crippen LogP contribution >= 0.6 is 0 Å². The van der Waals surface area contributed by atoms with E-state index in [9.17, 15) is 0 Å². The van der Waals surface area contributed by atoms with Gasteiger partial charge in [0.05, 0.1) is 0 Å². The van der Waals surface area contributed by atoms with E-state index in [0.717, 1.165) is 11.3 Å². The molecule has 0 N–H and O–H groups in total. The summed E-state index contributed by atoms with van der Waals surface area (Å²) in [6.45, 7) is 2.00. The van der Waals surface area contributed by atoms with Crippen LogP contribution in [0.15, 0.2) is 71.1 Å². The predicted octanol–water partition coefficient (Wildman–Crippen LogP) is 6.20. The Kier molecular flexibility index (Phi) is 2.21. The normalized spacial score (nSPS) is 11.9. The molecule has 0 atom stereocenters. The largest absolute Gasteiger partial charge is 0.461 e. The van der Waals surface area contributed by atoms with Crippen molar-refractivity contribution in [2.45, 2.75) is 6.92 Å². The van der Waals surface area contributed by atoms with Crippen molar-refractivity contribution in [1.29, 1.82) is 0 Å². The van der Waals surface area contributed by atoms with Crippen molar-refractivity contribution in [2.24, 2.45) is 0 Å². The van der Waals surface area contributed by atoms with Gasteiger partial charge in [0.25, 0.3) is 0 Å². The summed E-state index contributed by atoms with van der Waals surface area (Å²) in [6.07, 6.45) is 0. The van der Waals surface area contributed by atoms with Gasteiger partial charge in [0.15, 0.2) is 0 Å². The summed E-state index contributed by atoms with van der Waals surface area (Å²) >= 11 is 0. The summed E-state index contributed by atoms with van der Waals surface area (Å²) < 4.78 is 5.92. The molecule has 0 fully saturated rings. The van der Waals surface area contributed by atoms with Gasteiger partial charge in [-0.2, -0.15) is 0 Å². The molecular weight excluding hydrogens is 268 g/mol. The minimum atomic E-state index is 0.959. The Hall–Kier alpha value is -2.80. The molecular formula is C21H14O. The predicted molar refractivity (Wildman–Crippen MR) is 93.5 cm³/mol. The Bertz CT molecular complexity index is 1180. The fraction of sp³-hybridized carbons (Fsp3) is 0.0476. The van der Waals surface area contributed by atoms with Gasteiger partial charge in [-0.05, 0) is 58.1 Å². The molecule has 5 rings (SSSR count). The van der Waals surface area contributed by atoms with E-state index in [4.69, 9.17) is 4.42 Å². The van der Waals surface area contributed by atoms with E-state index in [0.29, 0.717) is 0 Å². The van der Waals surface area contributed by atoms with E-state index >= 15 is 0 Å². The number of hydrogen-bond donors (Lipinski definition) is 0. The van der Waals surface area contributed by atoms with Crippen LogP contribution in [0.3, 0.4) is 0 Å². The number of aryl methyl sites for hydroxylation is 1. The maximum atomic E-state index is 5.92. The number of benzene rings is 4. The highest BCUT2D eigenvalue weighted by Gasteiger charge is 2.08.